The summed E-state index contributed by atoms with van der Waals surface area (Å²) in [5, 5.41) is 33.5. The Bertz CT molecular complexity index is 1210. The lowest BCUT2D eigenvalue weighted by molar-refractivity contribution is -0.203. The van der Waals surface area contributed by atoms with Crippen molar-refractivity contribution in [2.24, 2.45) is 23.2 Å². The predicted molar refractivity (Wildman–Crippen MR) is 132 cm³/mol. The fourth-order valence-corrected chi connectivity index (χ4v) is 5.93. The zero-order chi connectivity index (χ0) is 27.2. The zero-order valence-electron chi connectivity index (χ0n) is 21.2. The Morgan fingerprint density at radius 1 is 0.972 bits per heavy atom. The molecule has 0 aromatic carbocycles. The normalized spacial score (nSPS) is 38.4. The van der Waals surface area contributed by atoms with Crippen LogP contribution in [0.15, 0.2) is 71.3 Å². The molecule has 3 saturated carbocycles. The molecule has 0 spiro atoms. The molecule has 0 aromatic heterocycles. The number of esters is 1. The first-order chi connectivity index (χ1) is 16.7. The first-order valence-corrected chi connectivity index (χ1v) is 11.7. The second-order valence-electron chi connectivity index (χ2n) is 9.93. The smallest absolute Gasteiger partial charge is 0.338 e. The molecular weight excluding hydrogens is 464 g/mol. The first-order valence-electron chi connectivity index (χ1n) is 11.7. The number of cyclic esters (lactones) is 1. The Morgan fingerprint density at radius 2 is 1.53 bits per heavy atom. The van der Waals surface area contributed by atoms with E-state index in [0.717, 1.165) is 0 Å². The van der Waals surface area contributed by atoms with Crippen molar-refractivity contribution >= 4 is 23.3 Å². The number of hydrogen-bond acceptors (Lipinski definition) is 8. The number of carbonyl (C=O) groups is 4. The highest BCUT2D eigenvalue weighted by molar-refractivity contribution is 6.24. The van der Waals surface area contributed by atoms with Gasteiger partial charge in [-0.2, -0.15) is 0 Å². The van der Waals surface area contributed by atoms with Gasteiger partial charge in [-0.1, -0.05) is 36.5 Å². The molecule has 192 valence electrons. The maximum absolute atomic E-state index is 13.8. The molecule has 0 radical (unpaired) electrons. The Labute approximate surface area is 210 Å². The topological polar surface area (TPSA) is 138 Å². The van der Waals surface area contributed by atoms with E-state index in [1.54, 1.807) is 38.2 Å². The molecule has 8 heteroatoms. The maximum Gasteiger partial charge on any atom is 0.338 e. The SMILES string of the molecule is C/C=C/C=C/C(=O)[C@@H]1[C@@H]([C@@]2(C)OC(=O)C(C)=C2O)[C@H]2C(=C(O)/C=C/C=C/C)C(=O)[C@]1(C)C(=O)[C@@]2(C)O. The van der Waals surface area contributed by atoms with Gasteiger partial charge in [-0.05, 0) is 53.7 Å². The molecule has 3 fully saturated rings. The minimum atomic E-state index is -2.22. The van der Waals surface area contributed by atoms with Crippen LogP contribution in [0.5, 0.6) is 0 Å². The molecule has 0 aromatic rings. The van der Waals surface area contributed by atoms with Gasteiger partial charge < -0.3 is 20.1 Å². The number of allylic oxidation sites excluding steroid dienone is 8. The summed E-state index contributed by atoms with van der Waals surface area (Å²) in [6.07, 6.45) is 12.0. The molecule has 1 heterocycles. The lowest BCUT2D eigenvalue weighted by Crippen LogP contribution is -2.75. The van der Waals surface area contributed by atoms with Crippen LogP contribution in [0.2, 0.25) is 0 Å². The third kappa shape index (κ3) is 3.63. The quantitative estimate of drug-likeness (QED) is 0.167. The molecule has 1 aliphatic heterocycles. The summed E-state index contributed by atoms with van der Waals surface area (Å²) in [4.78, 5) is 53.5. The van der Waals surface area contributed by atoms with Crippen LogP contribution in [0.25, 0.3) is 0 Å². The van der Waals surface area contributed by atoms with Crippen molar-refractivity contribution in [3.05, 3.63) is 71.3 Å². The van der Waals surface area contributed by atoms with Gasteiger partial charge >= 0.3 is 5.97 Å². The molecule has 6 atom stereocenters. The van der Waals surface area contributed by atoms with E-state index in [4.69, 9.17) is 4.74 Å². The summed E-state index contributed by atoms with van der Waals surface area (Å²) in [6.45, 7) is 8.72. The summed E-state index contributed by atoms with van der Waals surface area (Å²) in [5.41, 5.74) is -6.53. The van der Waals surface area contributed by atoms with E-state index < -0.39 is 69.2 Å². The molecule has 0 saturated heterocycles. The van der Waals surface area contributed by atoms with Crippen molar-refractivity contribution in [3.63, 3.8) is 0 Å². The zero-order valence-corrected chi connectivity index (χ0v) is 21.2. The van der Waals surface area contributed by atoms with Crippen molar-refractivity contribution in [2.75, 3.05) is 0 Å². The van der Waals surface area contributed by atoms with Gasteiger partial charge in [0.15, 0.2) is 23.0 Å². The van der Waals surface area contributed by atoms with Crippen LogP contribution < -0.4 is 0 Å². The lowest BCUT2D eigenvalue weighted by Gasteiger charge is -2.60. The van der Waals surface area contributed by atoms with Crippen LogP contribution in [-0.4, -0.2) is 49.8 Å². The van der Waals surface area contributed by atoms with Crippen LogP contribution in [0, 0.1) is 23.2 Å². The average molecular weight is 497 g/mol. The number of Topliss-reactive ketones (excluding diaryl/α,β-unsaturated/α-hetero) is 2. The van der Waals surface area contributed by atoms with E-state index in [2.05, 4.69) is 0 Å². The van der Waals surface area contributed by atoms with Crippen molar-refractivity contribution < 1.29 is 39.2 Å². The van der Waals surface area contributed by atoms with Gasteiger partial charge in [-0.25, -0.2) is 4.79 Å². The van der Waals surface area contributed by atoms with Crippen molar-refractivity contribution in [2.45, 2.75) is 52.7 Å². The Balaban J connectivity index is 2.41. The largest absolute Gasteiger partial charge is 0.508 e. The number of aliphatic hydroxyl groups is 3. The monoisotopic (exact) mass is 496 g/mol. The molecule has 3 aliphatic carbocycles. The van der Waals surface area contributed by atoms with Crippen LogP contribution in [0.1, 0.15) is 41.5 Å². The van der Waals surface area contributed by atoms with Crippen LogP contribution in [0.4, 0.5) is 0 Å². The van der Waals surface area contributed by atoms with Gasteiger partial charge in [0.25, 0.3) is 0 Å². The summed E-state index contributed by atoms with van der Waals surface area (Å²) < 4.78 is 5.59. The van der Waals surface area contributed by atoms with Crippen molar-refractivity contribution in [1.29, 1.82) is 0 Å². The van der Waals surface area contributed by atoms with Crippen LogP contribution in [-0.2, 0) is 23.9 Å². The minimum Gasteiger partial charge on any atom is -0.508 e. The summed E-state index contributed by atoms with van der Waals surface area (Å²) in [6, 6.07) is 0. The van der Waals surface area contributed by atoms with Gasteiger partial charge in [0, 0.05) is 23.3 Å². The fraction of sp³-hybridized carbons (Fsp3) is 0.429. The molecule has 4 rings (SSSR count). The maximum atomic E-state index is 13.8. The number of carbonyl (C=O) groups excluding carboxylic acids is 4. The van der Waals surface area contributed by atoms with Crippen molar-refractivity contribution in [3.8, 4) is 0 Å². The number of hydrogen-bond donors (Lipinski definition) is 3. The van der Waals surface area contributed by atoms with E-state index in [-0.39, 0.29) is 11.1 Å². The summed E-state index contributed by atoms with van der Waals surface area (Å²) in [5.74, 6) is -8.17. The molecule has 0 amide bonds. The van der Waals surface area contributed by atoms with E-state index in [9.17, 15) is 34.5 Å². The van der Waals surface area contributed by atoms with Crippen molar-refractivity contribution in [1.82, 2.24) is 0 Å². The van der Waals surface area contributed by atoms with Gasteiger partial charge in [0.1, 0.15) is 22.5 Å². The second kappa shape index (κ2) is 9.17. The highest BCUT2D eigenvalue weighted by Gasteiger charge is 2.77. The van der Waals surface area contributed by atoms with Gasteiger partial charge in [0.05, 0.1) is 5.57 Å². The number of ketones is 3. The number of rotatable bonds is 6. The molecule has 8 nitrogen and oxygen atoms in total. The van der Waals surface area contributed by atoms with E-state index in [1.807, 2.05) is 0 Å². The fourth-order valence-electron chi connectivity index (χ4n) is 5.93. The third-order valence-corrected chi connectivity index (χ3v) is 7.68. The lowest BCUT2D eigenvalue weighted by atomic mass is 9.40. The average Bonchev–Trinajstić information content (AvgIpc) is 3.01. The summed E-state index contributed by atoms with van der Waals surface area (Å²) in [7, 11) is 0. The summed E-state index contributed by atoms with van der Waals surface area (Å²) >= 11 is 0. The molecule has 36 heavy (non-hydrogen) atoms. The van der Waals surface area contributed by atoms with Gasteiger partial charge in [-0.15, -0.1) is 0 Å². The third-order valence-electron chi connectivity index (χ3n) is 7.68. The highest BCUT2D eigenvalue weighted by Crippen LogP contribution is 2.64. The van der Waals surface area contributed by atoms with Crippen LogP contribution in [0.3, 0.4) is 0 Å². The number of ether oxygens (including phenoxy) is 1. The van der Waals surface area contributed by atoms with Gasteiger partial charge in [0.2, 0.25) is 0 Å². The minimum absolute atomic E-state index is 0.0835. The molecule has 0 unspecified atom stereocenters. The predicted octanol–water partition coefficient (Wildman–Crippen LogP) is 3.55. The van der Waals surface area contributed by atoms with E-state index in [1.165, 1.54) is 52.0 Å². The molecular formula is C28H32O8. The van der Waals surface area contributed by atoms with E-state index in [0.29, 0.717) is 0 Å². The standard InChI is InChI=1S/C28H32O8/c1-7-9-11-13-16(29)18-20-21(28(6)22(31)15(3)24(33)36-28)19(17(30)14-12-10-8-2)26(4,23(18)32)25(34)27(20,5)35/h7-14,19-21,29,31,35H,1-6H3/b9-7+,10-8+,13-11+,14-12+,18-16?/t19-,20-,21-,26-,27+,28-/m1/s1. The Morgan fingerprint density at radius 3 is 2.03 bits per heavy atom. The van der Waals surface area contributed by atoms with Gasteiger partial charge in [-0.3, -0.25) is 14.4 Å². The Hall–Kier alpha value is -3.52. The highest BCUT2D eigenvalue weighted by atomic mass is 16.6. The molecule has 4 aliphatic rings. The molecule has 2 bridgehead atoms. The van der Waals surface area contributed by atoms with Crippen LogP contribution >= 0.6 is 0 Å². The first kappa shape index (κ1) is 27.1. The number of aliphatic hydroxyl groups excluding tert-OH is 2. The second-order valence-corrected chi connectivity index (χ2v) is 9.93. The number of fused-ring (bicyclic) bond motifs is 3. The molecule has 3 N–H and O–H groups in total. The van der Waals surface area contributed by atoms with E-state index >= 15 is 0 Å². The Kier molecular flexibility index (Phi) is 6.89.